The van der Waals surface area contributed by atoms with Gasteiger partial charge in [-0.15, -0.1) is 5.10 Å². The molecule has 1 heterocycles. The zero-order chi connectivity index (χ0) is 8.10. The van der Waals surface area contributed by atoms with E-state index >= 15 is 0 Å². The SMILES string of the molecule is CC[C@@H](C)NCc1csnn1. The molecule has 0 aliphatic heterocycles. The molecule has 0 saturated carbocycles. The van der Waals surface area contributed by atoms with Crippen LogP contribution in [0.25, 0.3) is 0 Å². The standard InChI is InChI=1S/C7H13N3S/c1-3-6(2)8-4-7-5-11-10-9-7/h5-6,8H,3-4H2,1-2H3/t6-/m1/s1. The van der Waals surface area contributed by atoms with Crippen LogP contribution in [0.3, 0.4) is 0 Å². The molecule has 0 aliphatic rings. The first-order chi connectivity index (χ1) is 5.33. The second-order valence-electron chi connectivity index (χ2n) is 2.59. The molecule has 4 heteroatoms. The van der Waals surface area contributed by atoms with Crippen molar-refractivity contribution >= 4 is 11.5 Å². The molecule has 0 bridgehead atoms. The molecule has 0 radical (unpaired) electrons. The molecule has 0 unspecified atom stereocenters. The number of hydrogen-bond donors (Lipinski definition) is 1. The Morgan fingerprint density at radius 3 is 3.09 bits per heavy atom. The first-order valence-corrected chi connectivity index (χ1v) is 4.66. The van der Waals surface area contributed by atoms with Crippen LogP contribution >= 0.6 is 11.5 Å². The highest BCUT2D eigenvalue weighted by Gasteiger charge is 1.99. The molecule has 0 aromatic carbocycles. The third kappa shape index (κ3) is 2.95. The number of nitrogens with zero attached hydrogens (tertiary/aromatic N) is 2. The Bertz CT molecular complexity index is 186. The quantitative estimate of drug-likeness (QED) is 0.744. The van der Waals surface area contributed by atoms with Gasteiger partial charge in [0.15, 0.2) is 0 Å². The topological polar surface area (TPSA) is 37.8 Å². The number of aromatic nitrogens is 2. The predicted octanol–water partition coefficient (Wildman–Crippen LogP) is 1.43. The fourth-order valence-electron chi connectivity index (χ4n) is 0.684. The summed E-state index contributed by atoms with van der Waals surface area (Å²) in [5.41, 5.74) is 1.04. The monoisotopic (exact) mass is 171 g/mol. The van der Waals surface area contributed by atoms with Gasteiger partial charge in [-0.3, -0.25) is 0 Å². The first kappa shape index (κ1) is 8.62. The van der Waals surface area contributed by atoms with Crippen LogP contribution in [0, 0.1) is 0 Å². The van der Waals surface area contributed by atoms with Crippen molar-refractivity contribution in [2.75, 3.05) is 0 Å². The van der Waals surface area contributed by atoms with E-state index in [1.807, 2.05) is 5.38 Å². The highest BCUT2D eigenvalue weighted by Crippen LogP contribution is 1.97. The summed E-state index contributed by atoms with van der Waals surface area (Å²) in [4.78, 5) is 0. The zero-order valence-electron chi connectivity index (χ0n) is 6.87. The fourth-order valence-corrected chi connectivity index (χ4v) is 1.14. The number of hydrogen-bond acceptors (Lipinski definition) is 4. The molecule has 62 valence electrons. The van der Waals surface area contributed by atoms with Crippen molar-refractivity contribution in [2.24, 2.45) is 0 Å². The van der Waals surface area contributed by atoms with Gasteiger partial charge in [-0.25, -0.2) is 0 Å². The van der Waals surface area contributed by atoms with Crippen LogP contribution in [-0.4, -0.2) is 15.6 Å². The molecule has 11 heavy (non-hydrogen) atoms. The Kier molecular flexibility index (Phi) is 3.45. The van der Waals surface area contributed by atoms with Gasteiger partial charge in [0, 0.05) is 18.0 Å². The fraction of sp³-hybridized carbons (Fsp3) is 0.714. The van der Waals surface area contributed by atoms with Gasteiger partial charge < -0.3 is 5.32 Å². The molecule has 1 atom stereocenters. The van der Waals surface area contributed by atoms with Crippen LogP contribution in [0.1, 0.15) is 26.0 Å². The van der Waals surface area contributed by atoms with Crippen LogP contribution in [0.2, 0.25) is 0 Å². The number of nitrogens with one attached hydrogen (secondary N) is 1. The molecule has 0 spiro atoms. The van der Waals surface area contributed by atoms with Gasteiger partial charge in [0.05, 0.1) is 5.69 Å². The maximum Gasteiger partial charge on any atom is 0.0893 e. The lowest BCUT2D eigenvalue weighted by molar-refractivity contribution is 0.528. The second-order valence-corrected chi connectivity index (χ2v) is 3.20. The molecule has 1 N–H and O–H groups in total. The minimum atomic E-state index is 0.566. The minimum Gasteiger partial charge on any atom is -0.309 e. The van der Waals surface area contributed by atoms with Crippen molar-refractivity contribution in [3.8, 4) is 0 Å². The van der Waals surface area contributed by atoms with Gasteiger partial charge in [0.2, 0.25) is 0 Å². The second kappa shape index (κ2) is 4.41. The molecule has 0 amide bonds. The zero-order valence-corrected chi connectivity index (χ0v) is 7.69. The van der Waals surface area contributed by atoms with Crippen LogP contribution in [0.5, 0.6) is 0 Å². The van der Waals surface area contributed by atoms with Crippen LogP contribution < -0.4 is 5.32 Å². The molecular formula is C7H13N3S. The van der Waals surface area contributed by atoms with Crippen molar-refractivity contribution in [1.82, 2.24) is 14.9 Å². The maximum absolute atomic E-state index is 3.93. The average molecular weight is 171 g/mol. The number of rotatable bonds is 4. The third-order valence-corrected chi connectivity index (χ3v) is 2.20. The summed E-state index contributed by atoms with van der Waals surface area (Å²) in [6, 6.07) is 0.566. The van der Waals surface area contributed by atoms with Crippen molar-refractivity contribution in [3.63, 3.8) is 0 Å². The van der Waals surface area contributed by atoms with E-state index in [0.29, 0.717) is 6.04 Å². The lowest BCUT2D eigenvalue weighted by Gasteiger charge is -2.08. The Morgan fingerprint density at radius 2 is 2.55 bits per heavy atom. The average Bonchev–Trinajstić information content (AvgIpc) is 2.52. The largest absolute Gasteiger partial charge is 0.309 e. The van der Waals surface area contributed by atoms with E-state index in [2.05, 4.69) is 28.8 Å². The molecule has 1 aromatic rings. The van der Waals surface area contributed by atoms with Crippen LogP contribution in [0.15, 0.2) is 5.38 Å². The van der Waals surface area contributed by atoms with E-state index < -0.39 is 0 Å². The minimum absolute atomic E-state index is 0.566. The van der Waals surface area contributed by atoms with Crippen molar-refractivity contribution in [3.05, 3.63) is 11.1 Å². The maximum atomic E-state index is 3.93. The van der Waals surface area contributed by atoms with Gasteiger partial charge in [0.25, 0.3) is 0 Å². The van der Waals surface area contributed by atoms with Crippen LogP contribution in [0.4, 0.5) is 0 Å². The summed E-state index contributed by atoms with van der Waals surface area (Å²) >= 11 is 1.40. The van der Waals surface area contributed by atoms with E-state index in [1.54, 1.807) is 0 Å². The molecule has 1 aromatic heterocycles. The van der Waals surface area contributed by atoms with Crippen molar-refractivity contribution < 1.29 is 0 Å². The molecule has 0 aliphatic carbocycles. The molecule has 0 saturated heterocycles. The predicted molar refractivity (Wildman–Crippen MR) is 46.5 cm³/mol. The van der Waals surface area contributed by atoms with E-state index in [4.69, 9.17) is 0 Å². The highest BCUT2D eigenvalue weighted by molar-refractivity contribution is 7.03. The Balaban J connectivity index is 2.23. The third-order valence-electron chi connectivity index (χ3n) is 1.65. The summed E-state index contributed by atoms with van der Waals surface area (Å²) in [6.45, 7) is 5.17. The van der Waals surface area contributed by atoms with Gasteiger partial charge in [-0.05, 0) is 24.9 Å². The molecule has 1 rings (SSSR count). The van der Waals surface area contributed by atoms with Crippen molar-refractivity contribution in [1.29, 1.82) is 0 Å². The smallest absolute Gasteiger partial charge is 0.0893 e. The van der Waals surface area contributed by atoms with E-state index in [0.717, 1.165) is 18.7 Å². The van der Waals surface area contributed by atoms with E-state index in [9.17, 15) is 0 Å². The molecule has 0 fully saturated rings. The lowest BCUT2D eigenvalue weighted by atomic mass is 10.2. The highest BCUT2D eigenvalue weighted by atomic mass is 32.1. The Morgan fingerprint density at radius 1 is 1.73 bits per heavy atom. The molecular weight excluding hydrogens is 158 g/mol. The van der Waals surface area contributed by atoms with Gasteiger partial charge in [-0.1, -0.05) is 11.4 Å². The van der Waals surface area contributed by atoms with E-state index in [-0.39, 0.29) is 0 Å². The van der Waals surface area contributed by atoms with Crippen LogP contribution in [-0.2, 0) is 6.54 Å². The van der Waals surface area contributed by atoms with E-state index in [1.165, 1.54) is 11.5 Å². The van der Waals surface area contributed by atoms with Gasteiger partial charge >= 0.3 is 0 Å². The summed E-state index contributed by atoms with van der Waals surface area (Å²) in [5.74, 6) is 0. The summed E-state index contributed by atoms with van der Waals surface area (Å²) in [7, 11) is 0. The van der Waals surface area contributed by atoms with Gasteiger partial charge in [0.1, 0.15) is 0 Å². The Hall–Kier alpha value is -0.480. The van der Waals surface area contributed by atoms with Gasteiger partial charge in [-0.2, -0.15) is 0 Å². The summed E-state index contributed by atoms with van der Waals surface area (Å²) in [5, 5.41) is 9.23. The molecule has 3 nitrogen and oxygen atoms in total. The lowest BCUT2D eigenvalue weighted by Crippen LogP contribution is -2.24. The normalized spacial score (nSPS) is 13.3. The van der Waals surface area contributed by atoms with Crippen molar-refractivity contribution in [2.45, 2.75) is 32.9 Å². The summed E-state index contributed by atoms with van der Waals surface area (Å²) in [6.07, 6.45) is 1.15. The Labute approximate surface area is 71.0 Å². The summed E-state index contributed by atoms with van der Waals surface area (Å²) < 4.78 is 3.78. The first-order valence-electron chi connectivity index (χ1n) is 3.82.